The molecule has 0 aliphatic heterocycles. The molecule has 0 amide bonds. The maximum absolute atomic E-state index is 11.4. The number of carbonyl (C=O) groups excluding carboxylic acids is 1. The Bertz CT molecular complexity index is 692. The highest BCUT2D eigenvalue weighted by Gasteiger charge is 2.04. The van der Waals surface area contributed by atoms with Crippen molar-refractivity contribution in [3.63, 3.8) is 0 Å². The molecule has 0 aliphatic rings. The summed E-state index contributed by atoms with van der Waals surface area (Å²) in [5.41, 5.74) is 0.0630. The van der Waals surface area contributed by atoms with Gasteiger partial charge in [-0.3, -0.25) is 4.79 Å². The fourth-order valence-electron chi connectivity index (χ4n) is 1.82. The van der Waals surface area contributed by atoms with Gasteiger partial charge in [0.2, 0.25) is 0 Å². The van der Waals surface area contributed by atoms with Crippen molar-refractivity contribution in [2.75, 3.05) is 13.7 Å². The summed E-state index contributed by atoms with van der Waals surface area (Å²) in [6, 6.07) is 7.03. The zero-order valence-corrected chi connectivity index (χ0v) is 13.1. The van der Waals surface area contributed by atoms with Gasteiger partial charge in [-0.2, -0.15) is 0 Å². The minimum Gasteiger partial charge on any atom is -0.493 e. The summed E-state index contributed by atoms with van der Waals surface area (Å²) in [5, 5.41) is 0.819. The van der Waals surface area contributed by atoms with Crippen LogP contribution in [0.2, 0.25) is 0 Å². The van der Waals surface area contributed by atoms with Gasteiger partial charge in [0.15, 0.2) is 0 Å². The van der Waals surface area contributed by atoms with E-state index in [9.17, 15) is 9.59 Å². The van der Waals surface area contributed by atoms with E-state index in [4.69, 9.17) is 9.15 Å². The summed E-state index contributed by atoms with van der Waals surface area (Å²) in [6.07, 6.45) is 1.85. The first-order chi connectivity index (χ1) is 10.1. The lowest BCUT2D eigenvalue weighted by Gasteiger charge is -2.06. The Morgan fingerprint density at radius 2 is 2.10 bits per heavy atom. The Balaban J connectivity index is 1.92. The zero-order valence-electron chi connectivity index (χ0n) is 11.6. The molecule has 0 bridgehead atoms. The van der Waals surface area contributed by atoms with E-state index in [0.29, 0.717) is 35.3 Å². The minimum absolute atomic E-state index is 0.215. The molecule has 0 N–H and O–H groups in total. The lowest BCUT2D eigenvalue weighted by molar-refractivity contribution is -0.140. The first kappa shape index (κ1) is 15.6. The molecule has 0 fully saturated rings. The van der Waals surface area contributed by atoms with Gasteiger partial charge in [-0.25, -0.2) is 4.79 Å². The zero-order chi connectivity index (χ0) is 15.2. The van der Waals surface area contributed by atoms with Gasteiger partial charge in [-0.05, 0) is 47.0 Å². The lowest BCUT2D eigenvalue weighted by Crippen LogP contribution is -2.03. The molecule has 5 nitrogen and oxygen atoms in total. The average Bonchev–Trinajstić information content (AvgIpc) is 2.48. The maximum Gasteiger partial charge on any atom is 0.350 e. The van der Waals surface area contributed by atoms with Crippen LogP contribution in [0, 0.1) is 0 Å². The van der Waals surface area contributed by atoms with Crippen LogP contribution in [0.15, 0.2) is 37.9 Å². The van der Waals surface area contributed by atoms with Crippen molar-refractivity contribution in [2.45, 2.75) is 19.3 Å². The Morgan fingerprint density at radius 1 is 1.29 bits per heavy atom. The van der Waals surface area contributed by atoms with Crippen molar-refractivity contribution in [3.8, 4) is 5.75 Å². The number of ether oxygens (including phenoxy) is 2. The number of esters is 1. The third-order valence-electron chi connectivity index (χ3n) is 2.94. The molecule has 0 atom stereocenters. The van der Waals surface area contributed by atoms with Crippen LogP contribution in [0.25, 0.3) is 11.0 Å². The van der Waals surface area contributed by atoms with Crippen molar-refractivity contribution in [1.82, 2.24) is 0 Å². The summed E-state index contributed by atoms with van der Waals surface area (Å²) in [6.45, 7) is 0.489. The lowest BCUT2D eigenvalue weighted by atomic mass is 10.2. The monoisotopic (exact) mass is 354 g/mol. The minimum atomic E-state index is -0.419. The molecular weight excluding hydrogens is 340 g/mol. The molecule has 2 aromatic rings. The number of carbonyl (C=O) groups is 1. The van der Waals surface area contributed by atoms with Crippen LogP contribution in [-0.2, 0) is 9.53 Å². The molecule has 6 heteroatoms. The Morgan fingerprint density at radius 3 is 2.86 bits per heavy atom. The van der Waals surface area contributed by atoms with Gasteiger partial charge in [0, 0.05) is 17.9 Å². The highest BCUT2D eigenvalue weighted by Crippen LogP contribution is 2.22. The number of unbranched alkanes of at least 4 members (excludes halogenated alkanes) is 1. The molecule has 0 spiro atoms. The van der Waals surface area contributed by atoms with E-state index >= 15 is 0 Å². The molecule has 1 aromatic heterocycles. The van der Waals surface area contributed by atoms with E-state index in [2.05, 4.69) is 20.7 Å². The second-order valence-corrected chi connectivity index (χ2v) is 5.32. The third kappa shape index (κ3) is 4.32. The molecule has 1 aromatic carbocycles. The van der Waals surface area contributed by atoms with E-state index in [-0.39, 0.29) is 5.97 Å². The number of rotatable bonds is 6. The van der Waals surface area contributed by atoms with Crippen molar-refractivity contribution >= 4 is 32.9 Å². The van der Waals surface area contributed by atoms with Crippen LogP contribution >= 0.6 is 15.9 Å². The summed E-state index contributed by atoms with van der Waals surface area (Å²) in [7, 11) is 1.38. The van der Waals surface area contributed by atoms with E-state index in [0.717, 1.165) is 11.8 Å². The molecule has 112 valence electrons. The van der Waals surface area contributed by atoms with Crippen molar-refractivity contribution < 1.29 is 18.7 Å². The first-order valence-electron chi connectivity index (χ1n) is 6.53. The van der Waals surface area contributed by atoms with E-state index in [1.54, 1.807) is 12.1 Å². The second-order valence-electron chi connectivity index (χ2n) is 4.46. The van der Waals surface area contributed by atoms with Gasteiger partial charge in [0.05, 0.1) is 13.7 Å². The van der Waals surface area contributed by atoms with Gasteiger partial charge in [-0.1, -0.05) is 0 Å². The van der Waals surface area contributed by atoms with Gasteiger partial charge in [-0.15, -0.1) is 0 Å². The van der Waals surface area contributed by atoms with Crippen molar-refractivity contribution in [2.24, 2.45) is 0 Å². The summed E-state index contributed by atoms with van der Waals surface area (Å²) < 4.78 is 15.7. The van der Waals surface area contributed by atoms with E-state index < -0.39 is 5.63 Å². The predicted octanol–water partition coefficient (Wildman–Crippen LogP) is 3.28. The smallest absolute Gasteiger partial charge is 0.350 e. The van der Waals surface area contributed by atoms with Crippen molar-refractivity contribution in [1.29, 1.82) is 0 Å². The average molecular weight is 355 g/mol. The number of hydrogen-bond acceptors (Lipinski definition) is 5. The third-order valence-corrected chi connectivity index (χ3v) is 3.49. The van der Waals surface area contributed by atoms with Crippen molar-refractivity contribution in [3.05, 3.63) is 39.2 Å². The molecule has 0 unspecified atom stereocenters. The van der Waals surface area contributed by atoms with Crippen LogP contribution in [0.3, 0.4) is 0 Å². The number of benzene rings is 1. The normalized spacial score (nSPS) is 10.6. The first-order valence-corrected chi connectivity index (χ1v) is 7.32. The second kappa shape index (κ2) is 7.26. The topological polar surface area (TPSA) is 65.7 Å². The van der Waals surface area contributed by atoms with E-state index in [1.807, 2.05) is 12.1 Å². The fraction of sp³-hybridized carbons (Fsp3) is 0.333. The van der Waals surface area contributed by atoms with Gasteiger partial charge >= 0.3 is 11.6 Å². The molecule has 0 aliphatic carbocycles. The van der Waals surface area contributed by atoms with Crippen LogP contribution in [0.5, 0.6) is 5.75 Å². The summed E-state index contributed by atoms with van der Waals surface area (Å²) >= 11 is 3.14. The number of hydrogen-bond donors (Lipinski definition) is 0. The van der Waals surface area contributed by atoms with Gasteiger partial charge in [0.25, 0.3) is 0 Å². The quantitative estimate of drug-likeness (QED) is 0.452. The molecular formula is C15H15BrO5. The molecule has 0 saturated heterocycles. The number of halogens is 1. The van der Waals surface area contributed by atoms with E-state index in [1.165, 1.54) is 7.11 Å². The largest absolute Gasteiger partial charge is 0.493 e. The molecule has 0 saturated carbocycles. The van der Waals surface area contributed by atoms with Crippen LogP contribution in [0.4, 0.5) is 0 Å². The standard InChI is InChI=1S/C15H15BrO5/c1-19-14(17)4-2-3-7-20-11-6-5-10-8-12(16)15(18)21-13(10)9-11/h5-6,8-9H,2-4,7H2,1H3. The van der Waals surface area contributed by atoms with Gasteiger partial charge < -0.3 is 13.9 Å². The van der Waals surface area contributed by atoms with Crippen LogP contribution in [-0.4, -0.2) is 19.7 Å². The Labute approximate surface area is 130 Å². The Hall–Kier alpha value is -1.82. The molecule has 0 radical (unpaired) electrons. The summed E-state index contributed by atoms with van der Waals surface area (Å²) in [5.74, 6) is 0.416. The highest BCUT2D eigenvalue weighted by atomic mass is 79.9. The maximum atomic E-state index is 11.4. The number of fused-ring (bicyclic) bond motifs is 1. The van der Waals surface area contributed by atoms with Crippen LogP contribution < -0.4 is 10.4 Å². The van der Waals surface area contributed by atoms with Crippen LogP contribution in [0.1, 0.15) is 19.3 Å². The molecule has 2 rings (SSSR count). The fourth-order valence-corrected chi connectivity index (χ4v) is 2.15. The van der Waals surface area contributed by atoms with Gasteiger partial charge in [0.1, 0.15) is 15.8 Å². The summed E-state index contributed by atoms with van der Waals surface area (Å²) in [4.78, 5) is 22.4. The molecule has 1 heterocycles. The Kier molecular flexibility index (Phi) is 5.38. The number of methoxy groups -OCH3 is 1. The molecule has 21 heavy (non-hydrogen) atoms. The SMILES string of the molecule is COC(=O)CCCCOc1ccc2cc(Br)c(=O)oc2c1. The highest BCUT2D eigenvalue weighted by molar-refractivity contribution is 9.10. The predicted molar refractivity (Wildman–Crippen MR) is 81.5 cm³/mol.